The van der Waals surface area contributed by atoms with Crippen molar-refractivity contribution in [2.45, 2.75) is 12.0 Å². The minimum Gasteiger partial charge on any atom is -0.469 e. The molecule has 0 aromatic carbocycles. The Balaban J connectivity index is 2.33. The fourth-order valence-corrected chi connectivity index (χ4v) is 2.37. The third kappa shape index (κ3) is 1.78. The Morgan fingerprint density at radius 3 is 2.56 bits per heavy atom. The van der Waals surface area contributed by atoms with E-state index >= 15 is 0 Å². The molecule has 1 aromatic heterocycles. The van der Waals surface area contributed by atoms with E-state index < -0.39 is 5.97 Å². The van der Waals surface area contributed by atoms with Gasteiger partial charge in [0.05, 0.1) is 25.7 Å². The van der Waals surface area contributed by atoms with Crippen LogP contribution in [-0.2, 0) is 21.3 Å². The molecule has 0 radical (unpaired) electrons. The van der Waals surface area contributed by atoms with Gasteiger partial charge in [-0.05, 0) is 6.07 Å². The van der Waals surface area contributed by atoms with Crippen molar-refractivity contribution in [3.8, 4) is 0 Å². The Morgan fingerprint density at radius 1 is 1.33 bits per heavy atom. The smallest absolute Gasteiger partial charge is 0.339 e. The molecule has 3 unspecified atom stereocenters. The molecule has 18 heavy (non-hydrogen) atoms. The molecule has 0 spiro atoms. The van der Waals surface area contributed by atoms with Crippen LogP contribution in [0.4, 0.5) is 0 Å². The zero-order valence-electron chi connectivity index (χ0n) is 10.5. The average Bonchev–Trinajstić information content (AvgIpc) is 2.87. The van der Waals surface area contributed by atoms with Crippen molar-refractivity contribution in [1.29, 1.82) is 0 Å². The van der Waals surface area contributed by atoms with Crippen LogP contribution in [0.3, 0.4) is 0 Å². The van der Waals surface area contributed by atoms with E-state index in [1.165, 1.54) is 14.2 Å². The molecule has 2 rings (SSSR count). The van der Waals surface area contributed by atoms with E-state index in [2.05, 4.69) is 0 Å². The van der Waals surface area contributed by atoms with Crippen LogP contribution in [0.2, 0.25) is 0 Å². The summed E-state index contributed by atoms with van der Waals surface area (Å²) in [6.07, 6.45) is 1.75. The molecule has 2 N–H and O–H groups in total. The Hall–Kier alpha value is -1.82. The van der Waals surface area contributed by atoms with Crippen LogP contribution in [0.1, 0.15) is 22.0 Å². The summed E-state index contributed by atoms with van der Waals surface area (Å²) >= 11 is 0. The summed E-state index contributed by atoms with van der Waals surface area (Å²) < 4.78 is 11.2. The molecular formula is C12H16N2O4. The predicted molar refractivity (Wildman–Crippen MR) is 63.0 cm³/mol. The first-order valence-electron chi connectivity index (χ1n) is 5.59. The van der Waals surface area contributed by atoms with Gasteiger partial charge in [-0.1, -0.05) is 0 Å². The van der Waals surface area contributed by atoms with Crippen molar-refractivity contribution in [3.05, 3.63) is 23.5 Å². The van der Waals surface area contributed by atoms with Crippen molar-refractivity contribution in [3.63, 3.8) is 0 Å². The average molecular weight is 252 g/mol. The maximum absolute atomic E-state index is 11.6. The molecule has 0 aliphatic heterocycles. The lowest BCUT2D eigenvalue weighted by atomic mass is 10.1. The molecule has 1 fully saturated rings. The first kappa shape index (κ1) is 12.6. The topological polar surface area (TPSA) is 83.5 Å². The summed E-state index contributed by atoms with van der Waals surface area (Å²) in [4.78, 5) is 23.2. The van der Waals surface area contributed by atoms with Crippen LogP contribution in [0.15, 0.2) is 12.3 Å². The Morgan fingerprint density at radius 2 is 2.00 bits per heavy atom. The number of nitrogens with two attached hydrogens (primary N) is 1. The third-order valence-electron chi connectivity index (χ3n) is 3.39. The second-order valence-corrected chi connectivity index (χ2v) is 4.37. The predicted octanol–water partition coefficient (Wildman–Crippen LogP) is 0.0254. The van der Waals surface area contributed by atoms with Gasteiger partial charge in [-0.15, -0.1) is 0 Å². The molecule has 0 bridgehead atoms. The SMILES string of the molecule is COC(=O)c1ccn(C)c1C1C(N)C1C(=O)OC. The second kappa shape index (κ2) is 4.45. The van der Waals surface area contributed by atoms with E-state index in [1.54, 1.807) is 23.9 Å². The normalized spacial score (nSPS) is 25.7. The Kier molecular flexibility index (Phi) is 3.13. The number of hydrogen-bond acceptors (Lipinski definition) is 5. The number of aromatic nitrogens is 1. The quantitative estimate of drug-likeness (QED) is 0.767. The van der Waals surface area contributed by atoms with Gasteiger partial charge in [-0.2, -0.15) is 0 Å². The molecule has 3 atom stereocenters. The number of nitrogens with zero attached hydrogens (tertiary/aromatic N) is 1. The fraction of sp³-hybridized carbons (Fsp3) is 0.500. The van der Waals surface area contributed by atoms with E-state index in [0.717, 1.165) is 5.69 Å². The van der Waals surface area contributed by atoms with Crippen molar-refractivity contribution in [1.82, 2.24) is 4.57 Å². The van der Waals surface area contributed by atoms with E-state index in [4.69, 9.17) is 15.2 Å². The molecule has 98 valence electrons. The number of esters is 2. The summed E-state index contributed by atoms with van der Waals surface area (Å²) in [6.45, 7) is 0. The minimum atomic E-state index is -0.423. The standard InChI is InChI=1S/C12H16N2O4/c1-14-5-4-6(11(15)17-2)10(14)7-8(9(7)13)12(16)18-3/h4-5,7-9H,13H2,1-3H3. The number of methoxy groups -OCH3 is 2. The van der Waals surface area contributed by atoms with Gasteiger partial charge in [0.2, 0.25) is 0 Å². The molecule has 6 heteroatoms. The van der Waals surface area contributed by atoms with E-state index in [0.29, 0.717) is 5.56 Å². The number of hydrogen-bond donors (Lipinski definition) is 1. The first-order chi connectivity index (χ1) is 8.52. The van der Waals surface area contributed by atoms with Gasteiger partial charge >= 0.3 is 11.9 Å². The molecule has 0 saturated heterocycles. The second-order valence-electron chi connectivity index (χ2n) is 4.37. The summed E-state index contributed by atoms with van der Waals surface area (Å²) in [5.74, 6) is -1.34. The summed E-state index contributed by atoms with van der Waals surface area (Å²) in [6, 6.07) is 1.36. The number of carbonyl (C=O) groups is 2. The van der Waals surface area contributed by atoms with Crippen molar-refractivity contribution in [2.75, 3.05) is 14.2 Å². The lowest BCUT2D eigenvalue weighted by Gasteiger charge is -2.05. The monoisotopic (exact) mass is 252 g/mol. The van der Waals surface area contributed by atoms with Crippen LogP contribution >= 0.6 is 0 Å². The number of carbonyl (C=O) groups excluding carboxylic acids is 2. The van der Waals surface area contributed by atoms with Gasteiger partial charge in [0.1, 0.15) is 0 Å². The van der Waals surface area contributed by atoms with E-state index in [1.807, 2.05) is 0 Å². The van der Waals surface area contributed by atoms with Crippen LogP contribution in [-0.4, -0.2) is 36.8 Å². The van der Waals surface area contributed by atoms with Crippen molar-refractivity contribution >= 4 is 11.9 Å². The highest BCUT2D eigenvalue weighted by atomic mass is 16.5. The molecule has 0 amide bonds. The Bertz CT molecular complexity index is 494. The maximum Gasteiger partial charge on any atom is 0.339 e. The van der Waals surface area contributed by atoms with Crippen LogP contribution < -0.4 is 5.73 Å². The van der Waals surface area contributed by atoms with E-state index in [9.17, 15) is 9.59 Å². The van der Waals surface area contributed by atoms with Crippen molar-refractivity contribution < 1.29 is 19.1 Å². The van der Waals surface area contributed by atoms with Gasteiger partial charge in [0.15, 0.2) is 0 Å². The van der Waals surface area contributed by atoms with Crippen LogP contribution in [0.25, 0.3) is 0 Å². The molecule has 1 aromatic rings. The lowest BCUT2D eigenvalue weighted by Crippen LogP contribution is -2.11. The van der Waals surface area contributed by atoms with Crippen molar-refractivity contribution in [2.24, 2.45) is 18.7 Å². The Labute approximate surface area is 105 Å². The first-order valence-corrected chi connectivity index (χ1v) is 5.59. The zero-order chi connectivity index (χ0) is 13.4. The summed E-state index contributed by atoms with van der Waals surface area (Å²) in [7, 11) is 4.46. The highest BCUT2D eigenvalue weighted by Crippen LogP contribution is 2.48. The molecule has 1 aliphatic carbocycles. The molecular weight excluding hydrogens is 236 g/mol. The lowest BCUT2D eigenvalue weighted by molar-refractivity contribution is -0.142. The molecule has 6 nitrogen and oxygen atoms in total. The highest BCUT2D eigenvalue weighted by molar-refractivity contribution is 5.92. The van der Waals surface area contributed by atoms with Gasteiger partial charge in [-0.3, -0.25) is 4.79 Å². The molecule has 1 saturated carbocycles. The zero-order valence-corrected chi connectivity index (χ0v) is 10.5. The number of ether oxygens (including phenoxy) is 2. The van der Waals surface area contributed by atoms with Gasteiger partial charge in [0.25, 0.3) is 0 Å². The van der Waals surface area contributed by atoms with E-state index in [-0.39, 0.29) is 23.8 Å². The highest BCUT2D eigenvalue weighted by Gasteiger charge is 2.56. The summed E-state index contributed by atoms with van der Waals surface area (Å²) in [5, 5.41) is 0. The van der Waals surface area contributed by atoms with Gasteiger partial charge < -0.3 is 19.8 Å². The number of aryl methyl sites for hydroxylation is 1. The summed E-state index contributed by atoms with van der Waals surface area (Å²) in [5.41, 5.74) is 7.07. The van der Waals surface area contributed by atoms with Gasteiger partial charge in [-0.25, -0.2) is 4.79 Å². The largest absolute Gasteiger partial charge is 0.469 e. The van der Waals surface area contributed by atoms with Crippen LogP contribution in [0.5, 0.6) is 0 Å². The molecule has 1 heterocycles. The minimum absolute atomic E-state index is 0.188. The maximum atomic E-state index is 11.6. The fourth-order valence-electron chi connectivity index (χ4n) is 2.37. The van der Waals surface area contributed by atoms with Gasteiger partial charge in [0, 0.05) is 30.9 Å². The number of rotatable bonds is 3. The van der Waals surface area contributed by atoms with Crippen LogP contribution in [0, 0.1) is 5.92 Å². The third-order valence-corrected chi connectivity index (χ3v) is 3.39. The molecule has 1 aliphatic rings.